The van der Waals surface area contributed by atoms with Crippen LogP contribution in [0.1, 0.15) is 58.7 Å². The fourth-order valence-electron chi connectivity index (χ4n) is 4.89. The first kappa shape index (κ1) is 26.2. The molecule has 4 aromatic rings. The number of esters is 1. The van der Waals surface area contributed by atoms with Gasteiger partial charge >= 0.3 is 11.9 Å². The SMILES string of the molecule is CCOC(=O)C1=C(C)N=c2s/c(=C/c3cc(C)n(-c4ccc(C(=O)O)cc4)c3C)c(=O)n2[C@@H]1c1ccc(C)o1. The van der Waals surface area contributed by atoms with Gasteiger partial charge in [0.1, 0.15) is 17.6 Å². The number of nitrogens with zero attached hydrogens (tertiary/aromatic N) is 3. The lowest BCUT2D eigenvalue weighted by Gasteiger charge is -2.22. The zero-order valence-corrected chi connectivity index (χ0v) is 23.0. The zero-order chi connectivity index (χ0) is 28.0. The van der Waals surface area contributed by atoms with Gasteiger partial charge in [0, 0.05) is 17.1 Å². The summed E-state index contributed by atoms with van der Waals surface area (Å²) < 4.78 is 15.2. The molecule has 0 amide bonds. The number of carboxylic acid groups (broad SMARTS) is 1. The first-order valence-electron chi connectivity index (χ1n) is 12.4. The van der Waals surface area contributed by atoms with Crippen molar-refractivity contribution < 1.29 is 23.8 Å². The maximum atomic E-state index is 13.8. The third-order valence-corrected chi connectivity index (χ3v) is 7.66. The fourth-order valence-corrected chi connectivity index (χ4v) is 5.92. The molecule has 0 unspecified atom stereocenters. The molecule has 1 N–H and O–H groups in total. The Labute approximate surface area is 227 Å². The molecule has 0 bridgehead atoms. The highest BCUT2D eigenvalue weighted by Gasteiger charge is 2.35. The minimum Gasteiger partial charge on any atom is -0.478 e. The van der Waals surface area contributed by atoms with E-state index in [1.807, 2.05) is 30.6 Å². The predicted octanol–water partition coefficient (Wildman–Crippen LogP) is 3.81. The number of carbonyl (C=O) groups is 2. The quantitative estimate of drug-likeness (QED) is 0.369. The highest BCUT2D eigenvalue weighted by Crippen LogP contribution is 2.31. The van der Waals surface area contributed by atoms with Gasteiger partial charge < -0.3 is 18.8 Å². The Kier molecular flexibility index (Phi) is 6.73. The number of furan rings is 1. The molecule has 0 radical (unpaired) electrons. The number of carbonyl (C=O) groups excluding carboxylic acids is 1. The van der Waals surface area contributed by atoms with Crippen LogP contribution in [0.3, 0.4) is 0 Å². The first-order chi connectivity index (χ1) is 18.6. The van der Waals surface area contributed by atoms with Crippen molar-refractivity contribution in [2.24, 2.45) is 4.99 Å². The Balaban J connectivity index is 1.65. The predicted molar refractivity (Wildman–Crippen MR) is 146 cm³/mol. The molecule has 1 aliphatic rings. The van der Waals surface area contributed by atoms with Crippen molar-refractivity contribution in [3.63, 3.8) is 0 Å². The van der Waals surface area contributed by atoms with Crippen molar-refractivity contribution in [1.29, 1.82) is 0 Å². The topological polar surface area (TPSA) is 116 Å². The van der Waals surface area contributed by atoms with E-state index in [1.165, 1.54) is 15.9 Å². The van der Waals surface area contributed by atoms with Gasteiger partial charge in [-0.3, -0.25) is 9.36 Å². The van der Waals surface area contributed by atoms with Crippen molar-refractivity contribution in [3.8, 4) is 5.69 Å². The van der Waals surface area contributed by atoms with Crippen molar-refractivity contribution in [3.05, 3.63) is 107 Å². The molecule has 0 saturated heterocycles. The lowest BCUT2D eigenvalue weighted by Crippen LogP contribution is -2.39. The van der Waals surface area contributed by atoms with Gasteiger partial charge in [-0.05, 0) is 88.7 Å². The third-order valence-electron chi connectivity index (χ3n) is 6.68. The van der Waals surface area contributed by atoms with Crippen LogP contribution < -0.4 is 14.9 Å². The molecule has 1 aliphatic heterocycles. The molecule has 4 heterocycles. The molecule has 9 nitrogen and oxygen atoms in total. The summed E-state index contributed by atoms with van der Waals surface area (Å²) in [7, 11) is 0. The van der Waals surface area contributed by atoms with Gasteiger partial charge in [-0.1, -0.05) is 11.3 Å². The average molecular weight is 546 g/mol. The molecule has 1 aromatic carbocycles. The van der Waals surface area contributed by atoms with Gasteiger partial charge in [0.15, 0.2) is 4.80 Å². The van der Waals surface area contributed by atoms with Gasteiger partial charge in [0.05, 0.1) is 28.0 Å². The number of hydrogen-bond acceptors (Lipinski definition) is 7. The summed E-state index contributed by atoms with van der Waals surface area (Å²) in [5, 5.41) is 9.22. The molecule has 39 heavy (non-hydrogen) atoms. The fraction of sp³-hybridized carbons (Fsp3) is 0.241. The second-order valence-electron chi connectivity index (χ2n) is 9.26. The van der Waals surface area contributed by atoms with Gasteiger partial charge in [-0.2, -0.15) is 0 Å². The summed E-state index contributed by atoms with van der Waals surface area (Å²) in [5.41, 5.74) is 4.15. The summed E-state index contributed by atoms with van der Waals surface area (Å²) >= 11 is 1.24. The highest BCUT2D eigenvalue weighted by atomic mass is 32.1. The number of rotatable bonds is 6. The number of hydrogen-bond donors (Lipinski definition) is 1. The lowest BCUT2D eigenvalue weighted by molar-refractivity contribution is -0.139. The molecular formula is C29H27N3O6S. The van der Waals surface area contributed by atoms with Crippen molar-refractivity contribution in [2.45, 2.75) is 40.7 Å². The summed E-state index contributed by atoms with van der Waals surface area (Å²) in [5.74, 6) is -0.401. The number of allylic oxidation sites excluding steroid dienone is 1. The van der Waals surface area contributed by atoms with Crippen molar-refractivity contribution in [1.82, 2.24) is 9.13 Å². The Bertz CT molecular complexity index is 1830. The molecule has 0 fully saturated rings. The van der Waals surface area contributed by atoms with Crippen molar-refractivity contribution >= 4 is 29.4 Å². The maximum absolute atomic E-state index is 13.8. The molecular weight excluding hydrogens is 518 g/mol. The molecule has 10 heteroatoms. The van der Waals surface area contributed by atoms with Gasteiger partial charge in [0.2, 0.25) is 0 Å². The highest BCUT2D eigenvalue weighted by molar-refractivity contribution is 7.07. The number of aryl methyl sites for hydroxylation is 2. The van der Waals surface area contributed by atoms with Crippen LogP contribution in [0.25, 0.3) is 11.8 Å². The minimum atomic E-state index is -0.983. The standard InChI is InChI=1S/C29H27N3O6S/c1-6-37-28(36)24-17(4)30-29-32(25(24)22-12-7-16(3)38-22)26(33)23(39-29)14-20-13-15(2)31(18(20)5)21-10-8-19(9-11-21)27(34)35/h7-14,25H,6H2,1-5H3,(H,34,35)/b23-14+/t25-/m1/s1. The van der Waals surface area contributed by atoms with Crippen molar-refractivity contribution in [2.75, 3.05) is 6.61 Å². The van der Waals surface area contributed by atoms with E-state index >= 15 is 0 Å². The largest absolute Gasteiger partial charge is 0.478 e. The second-order valence-corrected chi connectivity index (χ2v) is 10.3. The van der Waals surface area contributed by atoms with E-state index < -0.39 is 18.0 Å². The minimum absolute atomic E-state index is 0.193. The molecule has 0 spiro atoms. The van der Waals surface area contributed by atoms with E-state index in [4.69, 9.17) is 9.15 Å². The van der Waals surface area contributed by atoms with Gasteiger partial charge in [0.25, 0.3) is 5.56 Å². The van der Waals surface area contributed by atoms with Gasteiger partial charge in [-0.25, -0.2) is 14.6 Å². The number of aromatic nitrogens is 2. The second kappa shape index (κ2) is 10.0. The Morgan fingerprint density at radius 1 is 1.13 bits per heavy atom. The smallest absolute Gasteiger partial charge is 0.338 e. The van der Waals surface area contributed by atoms with E-state index in [0.29, 0.717) is 26.6 Å². The van der Waals surface area contributed by atoms with Crippen LogP contribution >= 0.6 is 11.3 Å². The molecule has 5 rings (SSSR count). The van der Waals surface area contributed by atoms with E-state index in [0.717, 1.165) is 22.6 Å². The van der Waals surface area contributed by atoms with E-state index in [-0.39, 0.29) is 23.3 Å². The van der Waals surface area contributed by atoms with Crippen LogP contribution in [-0.2, 0) is 9.53 Å². The normalized spacial score (nSPS) is 15.3. The van der Waals surface area contributed by atoms with Crippen LogP contribution in [-0.4, -0.2) is 32.8 Å². The molecule has 3 aromatic heterocycles. The van der Waals surface area contributed by atoms with E-state index in [9.17, 15) is 19.5 Å². The summed E-state index contributed by atoms with van der Waals surface area (Å²) in [4.78, 5) is 43.1. The van der Waals surface area contributed by atoms with Gasteiger partial charge in [-0.15, -0.1) is 0 Å². The monoisotopic (exact) mass is 545 g/mol. The molecule has 1 atom stereocenters. The first-order valence-corrected chi connectivity index (χ1v) is 13.2. The molecule has 0 saturated carbocycles. The summed E-state index contributed by atoms with van der Waals surface area (Å²) in [6.07, 6.45) is 1.82. The zero-order valence-electron chi connectivity index (χ0n) is 22.1. The van der Waals surface area contributed by atoms with Crippen LogP contribution in [0.4, 0.5) is 0 Å². The van der Waals surface area contributed by atoms with E-state index in [1.54, 1.807) is 57.2 Å². The number of fused-ring (bicyclic) bond motifs is 1. The average Bonchev–Trinajstić information content (AvgIpc) is 3.54. The Morgan fingerprint density at radius 2 is 1.85 bits per heavy atom. The van der Waals surface area contributed by atoms with Crippen LogP contribution in [0, 0.1) is 20.8 Å². The summed E-state index contributed by atoms with van der Waals surface area (Å²) in [6, 6.07) is 11.4. The van der Waals surface area contributed by atoms with Crippen LogP contribution in [0.2, 0.25) is 0 Å². The number of ether oxygens (including phenoxy) is 1. The Morgan fingerprint density at radius 3 is 2.46 bits per heavy atom. The lowest BCUT2D eigenvalue weighted by atomic mass is 10.0. The Hall–Kier alpha value is -4.44. The summed E-state index contributed by atoms with van der Waals surface area (Å²) in [6.45, 7) is 9.35. The number of carboxylic acids is 1. The number of aromatic carboxylic acids is 1. The third kappa shape index (κ3) is 4.57. The van der Waals surface area contributed by atoms with Crippen LogP contribution in [0.5, 0.6) is 0 Å². The van der Waals surface area contributed by atoms with E-state index in [2.05, 4.69) is 4.99 Å². The molecule has 0 aliphatic carbocycles. The molecule has 200 valence electrons. The number of benzene rings is 1. The maximum Gasteiger partial charge on any atom is 0.338 e. The number of thiazole rings is 1. The van der Waals surface area contributed by atoms with Crippen LogP contribution in [0.15, 0.2) is 67.9 Å².